The monoisotopic (exact) mass is 297 g/mol. The summed E-state index contributed by atoms with van der Waals surface area (Å²) in [4.78, 5) is 8.74. The van der Waals surface area contributed by atoms with Crippen LogP contribution < -0.4 is 5.32 Å². The van der Waals surface area contributed by atoms with Crippen LogP contribution in [0.1, 0.15) is 24.7 Å². The Bertz CT molecular complexity index is 544. The first-order valence-electron chi connectivity index (χ1n) is 6.13. The van der Waals surface area contributed by atoms with E-state index in [0.29, 0.717) is 16.0 Å². The molecule has 2 aromatic rings. The van der Waals surface area contributed by atoms with Crippen molar-refractivity contribution < 1.29 is 4.42 Å². The van der Waals surface area contributed by atoms with E-state index in [1.54, 1.807) is 6.26 Å². The average Bonchev–Trinajstić information content (AvgIpc) is 2.82. The molecule has 0 spiro atoms. The Morgan fingerprint density at radius 3 is 2.89 bits per heavy atom. The van der Waals surface area contributed by atoms with Crippen LogP contribution in [0.25, 0.3) is 0 Å². The third-order valence-electron chi connectivity index (χ3n) is 2.41. The number of anilines is 1. The van der Waals surface area contributed by atoms with Crippen molar-refractivity contribution in [2.75, 3.05) is 11.9 Å². The number of aromatic nitrogens is 2. The van der Waals surface area contributed by atoms with Crippen LogP contribution in [-0.2, 0) is 5.75 Å². The zero-order valence-electron chi connectivity index (χ0n) is 10.9. The first-order chi connectivity index (χ1) is 9.19. The minimum atomic E-state index is 0.639. The van der Waals surface area contributed by atoms with Gasteiger partial charge in [-0.15, -0.1) is 0 Å². The molecule has 0 fully saturated rings. The molecule has 6 heteroatoms. The van der Waals surface area contributed by atoms with Gasteiger partial charge in [0.1, 0.15) is 12.1 Å². The number of hydrogen-bond acceptors (Lipinski definition) is 5. The molecule has 0 radical (unpaired) electrons. The van der Waals surface area contributed by atoms with Crippen molar-refractivity contribution in [3.05, 3.63) is 34.8 Å². The van der Waals surface area contributed by atoms with Crippen LogP contribution in [0.4, 0.5) is 5.82 Å². The standard InChI is InChI=1S/C13H16ClN3OS/c1-3-6-15-12-5-4-10(14)11(17-12)8-19-13-16-9(2)7-18-13/h4-5,7H,3,6,8H2,1-2H3,(H,15,17). The lowest BCUT2D eigenvalue weighted by Crippen LogP contribution is -2.03. The minimum Gasteiger partial charge on any atom is -0.440 e. The smallest absolute Gasteiger partial charge is 0.256 e. The molecule has 4 nitrogen and oxygen atoms in total. The second kappa shape index (κ2) is 6.82. The van der Waals surface area contributed by atoms with Crippen molar-refractivity contribution in [2.24, 2.45) is 0 Å². The normalized spacial score (nSPS) is 10.7. The van der Waals surface area contributed by atoms with Gasteiger partial charge in [-0.3, -0.25) is 0 Å². The molecular formula is C13H16ClN3OS. The van der Waals surface area contributed by atoms with Crippen LogP contribution in [0.5, 0.6) is 0 Å². The molecule has 0 saturated carbocycles. The zero-order chi connectivity index (χ0) is 13.7. The van der Waals surface area contributed by atoms with Gasteiger partial charge in [0.2, 0.25) is 0 Å². The number of rotatable bonds is 6. The number of nitrogens with zero attached hydrogens (tertiary/aromatic N) is 2. The third-order valence-corrected chi connectivity index (χ3v) is 3.60. The number of hydrogen-bond donors (Lipinski definition) is 1. The minimum absolute atomic E-state index is 0.639. The highest BCUT2D eigenvalue weighted by Gasteiger charge is 2.07. The quantitative estimate of drug-likeness (QED) is 0.812. The van der Waals surface area contributed by atoms with Crippen LogP contribution in [-0.4, -0.2) is 16.5 Å². The predicted molar refractivity (Wildman–Crippen MR) is 78.8 cm³/mol. The second-order valence-electron chi connectivity index (χ2n) is 4.10. The molecule has 102 valence electrons. The van der Waals surface area contributed by atoms with E-state index in [1.165, 1.54) is 11.8 Å². The molecule has 0 bridgehead atoms. The molecule has 2 aromatic heterocycles. The highest BCUT2D eigenvalue weighted by Crippen LogP contribution is 2.26. The summed E-state index contributed by atoms with van der Waals surface area (Å²) in [6.07, 6.45) is 2.70. The molecule has 0 atom stereocenters. The molecule has 0 aliphatic carbocycles. The molecule has 0 aliphatic rings. The van der Waals surface area contributed by atoms with Crippen molar-refractivity contribution in [3.8, 4) is 0 Å². The van der Waals surface area contributed by atoms with E-state index < -0.39 is 0 Å². The molecule has 0 amide bonds. The van der Waals surface area contributed by atoms with E-state index in [4.69, 9.17) is 16.0 Å². The topological polar surface area (TPSA) is 51.0 Å². The predicted octanol–water partition coefficient (Wildman–Crippen LogP) is 4.15. The summed E-state index contributed by atoms with van der Waals surface area (Å²) in [5.41, 5.74) is 1.71. The van der Waals surface area contributed by atoms with Crippen molar-refractivity contribution in [2.45, 2.75) is 31.2 Å². The maximum absolute atomic E-state index is 6.15. The first kappa shape index (κ1) is 14.2. The number of oxazole rings is 1. The van der Waals surface area contributed by atoms with Crippen molar-refractivity contribution in [3.63, 3.8) is 0 Å². The highest BCUT2D eigenvalue weighted by molar-refractivity contribution is 7.98. The molecule has 0 aromatic carbocycles. The molecule has 0 saturated heterocycles. The van der Waals surface area contributed by atoms with Gasteiger partial charge < -0.3 is 9.73 Å². The molecule has 0 unspecified atom stereocenters. The van der Waals surface area contributed by atoms with Crippen LogP contribution >= 0.6 is 23.4 Å². The number of aryl methyl sites for hydroxylation is 1. The second-order valence-corrected chi connectivity index (χ2v) is 5.43. The summed E-state index contributed by atoms with van der Waals surface area (Å²) >= 11 is 7.64. The van der Waals surface area contributed by atoms with Gasteiger partial charge >= 0.3 is 0 Å². The van der Waals surface area contributed by atoms with E-state index in [0.717, 1.165) is 30.2 Å². The Hall–Kier alpha value is -1.20. The lowest BCUT2D eigenvalue weighted by Gasteiger charge is -2.07. The number of thioether (sulfide) groups is 1. The van der Waals surface area contributed by atoms with Gasteiger partial charge in [0.25, 0.3) is 5.22 Å². The third kappa shape index (κ3) is 4.14. The maximum atomic E-state index is 6.15. The average molecular weight is 298 g/mol. The van der Waals surface area contributed by atoms with Crippen molar-refractivity contribution in [1.82, 2.24) is 9.97 Å². The summed E-state index contributed by atoms with van der Waals surface area (Å²) in [6.45, 7) is 4.92. The van der Waals surface area contributed by atoms with Crippen molar-refractivity contribution in [1.29, 1.82) is 0 Å². The number of pyridine rings is 1. The largest absolute Gasteiger partial charge is 0.440 e. The fourth-order valence-electron chi connectivity index (χ4n) is 1.47. The molecule has 19 heavy (non-hydrogen) atoms. The Kier molecular flexibility index (Phi) is 5.10. The molecule has 0 aliphatic heterocycles. The van der Waals surface area contributed by atoms with Gasteiger partial charge in [-0.1, -0.05) is 30.3 Å². The lowest BCUT2D eigenvalue weighted by atomic mass is 10.3. The Morgan fingerprint density at radius 2 is 2.21 bits per heavy atom. The summed E-state index contributed by atoms with van der Waals surface area (Å²) in [5, 5.41) is 4.55. The van der Waals surface area contributed by atoms with Gasteiger partial charge in [0.15, 0.2) is 0 Å². The van der Waals surface area contributed by atoms with E-state index in [9.17, 15) is 0 Å². The fraction of sp³-hybridized carbons (Fsp3) is 0.385. The molecule has 2 rings (SSSR count). The summed E-state index contributed by atoms with van der Waals surface area (Å²) in [5.74, 6) is 1.49. The summed E-state index contributed by atoms with van der Waals surface area (Å²) < 4.78 is 5.29. The Balaban J connectivity index is 2.02. The molecular weight excluding hydrogens is 282 g/mol. The SMILES string of the molecule is CCCNc1ccc(Cl)c(CSc2nc(C)co2)n1. The van der Waals surface area contributed by atoms with Gasteiger partial charge in [0.05, 0.1) is 16.4 Å². The molecule has 1 N–H and O–H groups in total. The van der Waals surface area contributed by atoms with Gasteiger partial charge in [-0.25, -0.2) is 9.97 Å². The van der Waals surface area contributed by atoms with E-state index in [2.05, 4.69) is 22.2 Å². The van der Waals surface area contributed by atoms with E-state index >= 15 is 0 Å². The summed E-state index contributed by atoms with van der Waals surface area (Å²) in [6, 6.07) is 3.75. The maximum Gasteiger partial charge on any atom is 0.256 e. The number of nitrogens with one attached hydrogen (secondary N) is 1. The Morgan fingerprint density at radius 1 is 1.37 bits per heavy atom. The van der Waals surface area contributed by atoms with Gasteiger partial charge in [-0.05, 0) is 25.5 Å². The first-order valence-corrected chi connectivity index (χ1v) is 7.49. The van der Waals surface area contributed by atoms with Crippen molar-refractivity contribution >= 4 is 29.2 Å². The molecule has 2 heterocycles. The van der Waals surface area contributed by atoms with Crippen LogP contribution in [0.2, 0.25) is 5.02 Å². The van der Waals surface area contributed by atoms with Crippen LogP contribution in [0.15, 0.2) is 28.0 Å². The van der Waals surface area contributed by atoms with Gasteiger partial charge in [-0.2, -0.15) is 0 Å². The lowest BCUT2D eigenvalue weighted by molar-refractivity contribution is 0.454. The van der Waals surface area contributed by atoms with E-state index in [1.807, 2.05) is 19.1 Å². The van der Waals surface area contributed by atoms with Crippen LogP contribution in [0.3, 0.4) is 0 Å². The Labute approximate surface area is 122 Å². The fourth-order valence-corrected chi connectivity index (χ4v) is 2.52. The van der Waals surface area contributed by atoms with E-state index in [-0.39, 0.29) is 0 Å². The van der Waals surface area contributed by atoms with Gasteiger partial charge in [0, 0.05) is 12.3 Å². The summed E-state index contributed by atoms with van der Waals surface area (Å²) in [7, 11) is 0. The zero-order valence-corrected chi connectivity index (χ0v) is 12.5. The van der Waals surface area contributed by atoms with Crippen LogP contribution in [0, 0.1) is 6.92 Å². The highest BCUT2D eigenvalue weighted by atomic mass is 35.5. The number of halogens is 1.